The number of hydrogen-bond acceptors (Lipinski definition) is 9. The van der Waals surface area contributed by atoms with Gasteiger partial charge in [-0.2, -0.15) is 0 Å². The molecule has 0 saturated heterocycles. The Morgan fingerprint density at radius 2 is 1.64 bits per heavy atom. The van der Waals surface area contributed by atoms with Crippen LogP contribution >= 0.6 is 0 Å². The van der Waals surface area contributed by atoms with Crippen LogP contribution in [0.4, 0.5) is 5.69 Å². The summed E-state index contributed by atoms with van der Waals surface area (Å²) in [5.74, 6) is 1.06. The molecule has 2 aromatic carbocycles. The second-order valence-corrected chi connectivity index (χ2v) is 5.93. The van der Waals surface area contributed by atoms with Crippen molar-refractivity contribution in [3.63, 3.8) is 0 Å². The van der Waals surface area contributed by atoms with E-state index in [0.717, 1.165) is 0 Å². The molecule has 0 bridgehead atoms. The zero-order valence-corrected chi connectivity index (χ0v) is 14.0. The molecule has 0 radical (unpaired) electrons. The maximum Gasteiger partial charge on any atom is 0.363 e. The van der Waals surface area contributed by atoms with Crippen LogP contribution in [0.5, 0.6) is 23.0 Å². The summed E-state index contributed by atoms with van der Waals surface area (Å²) in [5.41, 5.74) is 0.351. The fourth-order valence-corrected chi connectivity index (χ4v) is 2.93. The standard InChI is InChI=1S/C18H10N2O8/c21-18-11(3-10-5-15-16(27-8-26-15)6-12(10)20(22)23)19-17(28-18)9-1-2-13-14(4-9)25-7-24-13/h1-6H,7-8H2/b11-3-. The van der Waals surface area contributed by atoms with Gasteiger partial charge in [0.05, 0.1) is 16.6 Å². The SMILES string of the molecule is O=C1OC(c2ccc3c(c2)OCO3)=N/C1=C\c1cc2c(cc1[N+](=O)[O-])OCO2. The van der Waals surface area contributed by atoms with Gasteiger partial charge in [0.15, 0.2) is 28.7 Å². The minimum atomic E-state index is -0.723. The number of aliphatic imine (C=N–C) groups is 1. The molecule has 0 unspecified atom stereocenters. The highest BCUT2D eigenvalue weighted by Gasteiger charge is 2.28. The minimum absolute atomic E-state index is 0.0268. The van der Waals surface area contributed by atoms with Crippen molar-refractivity contribution in [1.29, 1.82) is 0 Å². The lowest BCUT2D eigenvalue weighted by atomic mass is 10.1. The maximum atomic E-state index is 12.2. The summed E-state index contributed by atoms with van der Waals surface area (Å²) in [4.78, 5) is 27.2. The van der Waals surface area contributed by atoms with Gasteiger partial charge in [-0.05, 0) is 30.3 Å². The molecule has 2 aromatic rings. The van der Waals surface area contributed by atoms with Crippen LogP contribution in [0, 0.1) is 10.1 Å². The molecular formula is C18H10N2O8. The fraction of sp³-hybridized carbons (Fsp3) is 0.111. The van der Waals surface area contributed by atoms with Crippen molar-refractivity contribution in [1.82, 2.24) is 0 Å². The number of carbonyl (C=O) groups excluding carboxylic acids is 1. The van der Waals surface area contributed by atoms with Crippen LogP contribution in [-0.2, 0) is 9.53 Å². The number of ether oxygens (including phenoxy) is 5. The van der Waals surface area contributed by atoms with E-state index in [1.54, 1.807) is 18.2 Å². The third kappa shape index (κ3) is 2.58. The number of cyclic esters (lactones) is 1. The topological polar surface area (TPSA) is 119 Å². The summed E-state index contributed by atoms with van der Waals surface area (Å²) in [7, 11) is 0. The molecule has 10 heteroatoms. The molecule has 3 aliphatic heterocycles. The van der Waals surface area contributed by atoms with E-state index >= 15 is 0 Å². The first-order chi connectivity index (χ1) is 13.6. The molecule has 0 aliphatic carbocycles. The number of benzene rings is 2. The van der Waals surface area contributed by atoms with Crippen molar-refractivity contribution >= 4 is 23.6 Å². The molecule has 5 rings (SSSR count). The third-order valence-electron chi connectivity index (χ3n) is 4.25. The highest BCUT2D eigenvalue weighted by Crippen LogP contribution is 2.39. The van der Waals surface area contributed by atoms with Gasteiger partial charge in [-0.15, -0.1) is 0 Å². The second kappa shape index (κ2) is 5.98. The van der Waals surface area contributed by atoms with Gasteiger partial charge in [-0.25, -0.2) is 9.79 Å². The van der Waals surface area contributed by atoms with Crippen molar-refractivity contribution in [3.8, 4) is 23.0 Å². The third-order valence-corrected chi connectivity index (χ3v) is 4.25. The van der Waals surface area contributed by atoms with Gasteiger partial charge < -0.3 is 23.7 Å². The Balaban J connectivity index is 1.54. The molecular weight excluding hydrogens is 372 g/mol. The van der Waals surface area contributed by atoms with Crippen LogP contribution in [0.3, 0.4) is 0 Å². The molecule has 0 saturated carbocycles. The Labute approximate surface area is 156 Å². The van der Waals surface area contributed by atoms with E-state index in [4.69, 9.17) is 23.7 Å². The first kappa shape index (κ1) is 16.1. The molecule has 28 heavy (non-hydrogen) atoms. The fourth-order valence-electron chi connectivity index (χ4n) is 2.93. The quantitative estimate of drug-likeness (QED) is 0.344. The molecule has 0 fully saturated rings. The first-order valence-electron chi connectivity index (χ1n) is 8.09. The Morgan fingerprint density at radius 1 is 0.964 bits per heavy atom. The van der Waals surface area contributed by atoms with E-state index in [1.165, 1.54) is 18.2 Å². The predicted octanol–water partition coefficient (Wildman–Crippen LogP) is 2.40. The van der Waals surface area contributed by atoms with Crippen molar-refractivity contribution in [2.45, 2.75) is 0 Å². The van der Waals surface area contributed by atoms with Gasteiger partial charge in [-0.1, -0.05) is 0 Å². The van der Waals surface area contributed by atoms with E-state index in [2.05, 4.69) is 4.99 Å². The molecule has 0 atom stereocenters. The Bertz CT molecular complexity index is 1110. The number of nitro benzene ring substituents is 1. The van der Waals surface area contributed by atoms with Crippen LogP contribution in [0.1, 0.15) is 11.1 Å². The number of esters is 1. The zero-order valence-electron chi connectivity index (χ0n) is 14.0. The normalized spacial score (nSPS) is 17.6. The van der Waals surface area contributed by atoms with E-state index in [-0.39, 0.29) is 42.2 Å². The number of hydrogen-bond donors (Lipinski definition) is 0. The predicted molar refractivity (Wildman–Crippen MR) is 92.4 cm³/mol. The van der Waals surface area contributed by atoms with Crippen LogP contribution in [0.25, 0.3) is 6.08 Å². The Kier molecular flexibility index (Phi) is 3.44. The van der Waals surface area contributed by atoms with Gasteiger partial charge in [-0.3, -0.25) is 10.1 Å². The Hall–Kier alpha value is -4.08. The number of nitro groups is 1. The smallest absolute Gasteiger partial charge is 0.363 e. The number of nitrogens with zero attached hydrogens (tertiary/aromatic N) is 2. The summed E-state index contributed by atoms with van der Waals surface area (Å²) in [6.45, 7) is 0.0882. The van der Waals surface area contributed by atoms with E-state index in [1.807, 2.05) is 0 Å². The second-order valence-electron chi connectivity index (χ2n) is 5.93. The minimum Gasteiger partial charge on any atom is -0.454 e. The van der Waals surface area contributed by atoms with Gasteiger partial charge in [0.1, 0.15) is 0 Å². The van der Waals surface area contributed by atoms with Crippen LogP contribution < -0.4 is 18.9 Å². The maximum absolute atomic E-state index is 12.2. The molecule has 3 aliphatic rings. The van der Waals surface area contributed by atoms with Gasteiger partial charge >= 0.3 is 5.97 Å². The van der Waals surface area contributed by atoms with Crippen LogP contribution in [0.2, 0.25) is 0 Å². The number of fused-ring (bicyclic) bond motifs is 2. The summed E-state index contributed by atoms with van der Waals surface area (Å²) in [6, 6.07) is 7.66. The lowest BCUT2D eigenvalue weighted by molar-refractivity contribution is -0.385. The highest BCUT2D eigenvalue weighted by molar-refractivity contribution is 6.13. The number of carbonyl (C=O) groups is 1. The Morgan fingerprint density at radius 3 is 2.39 bits per heavy atom. The van der Waals surface area contributed by atoms with Gasteiger partial charge in [0.2, 0.25) is 19.5 Å². The lowest BCUT2D eigenvalue weighted by Crippen LogP contribution is -2.05. The van der Waals surface area contributed by atoms with E-state index in [0.29, 0.717) is 22.8 Å². The zero-order chi connectivity index (χ0) is 19.3. The van der Waals surface area contributed by atoms with Crippen molar-refractivity contribution in [3.05, 3.63) is 57.3 Å². The van der Waals surface area contributed by atoms with Crippen molar-refractivity contribution in [2.75, 3.05) is 13.6 Å². The first-order valence-corrected chi connectivity index (χ1v) is 8.09. The van der Waals surface area contributed by atoms with Crippen molar-refractivity contribution < 1.29 is 33.4 Å². The molecule has 0 aromatic heterocycles. The molecule has 3 heterocycles. The average molecular weight is 382 g/mol. The van der Waals surface area contributed by atoms with Crippen LogP contribution in [-0.4, -0.2) is 30.4 Å². The average Bonchev–Trinajstić information content (AvgIpc) is 3.40. The van der Waals surface area contributed by atoms with E-state index < -0.39 is 10.9 Å². The highest BCUT2D eigenvalue weighted by atomic mass is 16.7. The largest absolute Gasteiger partial charge is 0.454 e. The number of rotatable bonds is 3. The molecule has 140 valence electrons. The molecule has 0 spiro atoms. The molecule has 10 nitrogen and oxygen atoms in total. The van der Waals surface area contributed by atoms with Crippen molar-refractivity contribution in [2.24, 2.45) is 4.99 Å². The summed E-state index contributed by atoms with van der Waals surface area (Å²) in [6.07, 6.45) is 1.28. The lowest BCUT2D eigenvalue weighted by Gasteiger charge is -2.01. The van der Waals surface area contributed by atoms with Crippen LogP contribution in [0.15, 0.2) is 41.0 Å². The van der Waals surface area contributed by atoms with Gasteiger partial charge in [0.25, 0.3) is 5.69 Å². The van der Waals surface area contributed by atoms with Gasteiger partial charge in [0, 0.05) is 5.56 Å². The van der Waals surface area contributed by atoms with E-state index in [9.17, 15) is 14.9 Å². The summed E-state index contributed by atoms with van der Waals surface area (Å²) >= 11 is 0. The summed E-state index contributed by atoms with van der Waals surface area (Å²) in [5, 5.41) is 11.4. The summed E-state index contributed by atoms with van der Waals surface area (Å²) < 4.78 is 26.2. The monoisotopic (exact) mass is 382 g/mol. The molecule has 0 amide bonds. The molecule has 0 N–H and O–H groups in total.